The Morgan fingerprint density at radius 3 is 1.88 bits per heavy atom. The molecule has 41 heavy (non-hydrogen) atoms. The first-order valence-electron chi connectivity index (χ1n) is 13.0. The first kappa shape index (κ1) is 30.9. The van der Waals surface area contributed by atoms with Crippen LogP contribution >= 0.6 is 0 Å². The molecule has 2 aliphatic rings. The standard InChI is InChI=1S/C28H38O13/c1-36-15-8-13(9-16(37-2)22(15)31)19-20-12(7-17(38-3)24(33)26(20)39-4)6-14(10-29)21(19)28(40-5)27(35)25(34)23(32)18(11-30)41-28/h7-9,14,18-19,21,23,25,27,29-35H,6,10-11H2,1-5H3/t14-,18+,19-,21?,23-,25-,27+,28+/m0/s1. The van der Waals surface area contributed by atoms with E-state index in [0.29, 0.717) is 16.7 Å². The quantitative estimate of drug-likeness (QED) is 0.207. The molecule has 1 aliphatic heterocycles. The molecule has 0 saturated carbocycles. The third kappa shape index (κ3) is 4.80. The average molecular weight is 583 g/mol. The van der Waals surface area contributed by atoms with Gasteiger partial charge in [-0.1, -0.05) is 0 Å². The minimum absolute atomic E-state index is 0.0348. The summed E-state index contributed by atoms with van der Waals surface area (Å²) in [5.41, 5.74) is 1.46. The molecule has 0 aromatic heterocycles. The average Bonchev–Trinajstić information content (AvgIpc) is 2.99. The number of hydrogen-bond acceptors (Lipinski definition) is 13. The molecule has 2 aromatic rings. The molecule has 0 spiro atoms. The molecule has 228 valence electrons. The Bertz CT molecular complexity index is 1210. The van der Waals surface area contributed by atoms with E-state index in [2.05, 4.69) is 0 Å². The summed E-state index contributed by atoms with van der Waals surface area (Å²) in [5.74, 6) is -5.18. The van der Waals surface area contributed by atoms with Gasteiger partial charge in [0.25, 0.3) is 0 Å². The second-order valence-electron chi connectivity index (χ2n) is 10.1. The van der Waals surface area contributed by atoms with Crippen LogP contribution in [0.1, 0.15) is 22.6 Å². The maximum atomic E-state index is 11.4. The van der Waals surface area contributed by atoms with Gasteiger partial charge in [-0.25, -0.2) is 0 Å². The van der Waals surface area contributed by atoms with Gasteiger partial charge in [-0.05, 0) is 41.7 Å². The van der Waals surface area contributed by atoms with Gasteiger partial charge in [-0.2, -0.15) is 0 Å². The fraction of sp³-hybridized carbons (Fsp3) is 0.571. The summed E-state index contributed by atoms with van der Waals surface area (Å²) in [7, 11) is 6.69. The lowest BCUT2D eigenvalue weighted by molar-refractivity contribution is -0.383. The SMILES string of the molecule is COc1cc([C@H]2c3c(cc(OC)c(O)c3OC)C[C@@H](CO)C2[C@@]2(OC)O[C@H](CO)[C@H](O)[C@H](O)[C@H]2O)cc(OC)c1O. The highest BCUT2D eigenvalue weighted by Gasteiger charge is 2.63. The van der Waals surface area contributed by atoms with E-state index in [1.165, 1.54) is 47.7 Å². The van der Waals surface area contributed by atoms with Gasteiger partial charge in [0.1, 0.15) is 24.4 Å². The van der Waals surface area contributed by atoms with Gasteiger partial charge in [0.05, 0.1) is 35.0 Å². The van der Waals surface area contributed by atoms with E-state index in [-0.39, 0.29) is 40.9 Å². The summed E-state index contributed by atoms with van der Waals surface area (Å²) in [5, 5.41) is 75.3. The van der Waals surface area contributed by atoms with Crippen LogP contribution in [0.15, 0.2) is 18.2 Å². The van der Waals surface area contributed by atoms with Crippen molar-refractivity contribution in [3.63, 3.8) is 0 Å². The van der Waals surface area contributed by atoms with Crippen LogP contribution in [0.3, 0.4) is 0 Å². The van der Waals surface area contributed by atoms with Gasteiger partial charge < -0.3 is 64.2 Å². The molecular weight excluding hydrogens is 544 g/mol. The van der Waals surface area contributed by atoms with Crippen molar-refractivity contribution in [1.29, 1.82) is 0 Å². The van der Waals surface area contributed by atoms with E-state index < -0.39 is 61.2 Å². The van der Waals surface area contributed by atoms with E-state index in [0.717, 1.165) is 0 Å². The van der Waals surface area contributed by atoms with Crippen LogP contribution < -0.4 is 18.9 Å². The highest BCUT2D eigenvalue weighted by Crippen LogP contribution is 2.58. The fourth-order valence-corrected chi connectivity index (χ4v) is 6.38. The molecule has 8 atom stereocenters. The van der Waals surface area contributed by atoms with Crippen molar-refractivity contribution in [2.75, 3.05) is 48.8 Å². The first-order valence-corrected chi connectivity index (χ1v) is 13.0. The number of benzene rings is 2. The third-order valence-electron chi connectivity index (χ3n) is 8.29. The highest BCUT2D eigenvalue weighted by molar-refractivity contribution is 5.64. The monoisotopic (exact) mass is 582 g/mol. The lowest BCUT2D eigenvalue weighted by atomic mass is 9.61. The summed E-state index contributed by atoms with van der Waals surface area (Å²) in [6.07, 6.45) is -6.48. The second-order valence-corrected chi connectivity index (χ2v) is 10.1. The van der Waals surface area contributed by atoms with Crippen LogP contribution in [0.25, 0.3) is 0 Å². The first-order chi connectivity index (χ1) is 19.6. The molecule has 1 fully saturated rings. The second kappa shape index (κ2) is 12.1. The minimum atomic E-state index is -2.11. The van der Waals surface area contributed by atoms with Gasteiger partial charge in [0.2, 0.25) is 17.3 Å². The summed E-state index contributed by atoms with van der Waals surface area (Å²) in [4.78, 5) is 0. The van der Waals surface area contributed by atoms with E-state index >= 15 is 0 Å². The Morgan fingerprint density at radius 1 is 0.805 bits per heavy atom. The fourth-order valence-electron chi connectivity index (χ4n) is 6.38. The summed E-state index contributed by atoms with van der Waals surface area (Å²) < 4.78 is 33.8. The molecule has 0 radical (unpaired) electrons. The number of aromatic hydroxyl groups is 2. The summed E-state index contributed by atoms with van der Waals surface area (Å²) in [6.45, 7) is -1.15. The maximum absolute atomic E-state index is 11.4. The van der Waals surface area contributed by atoms with Gasteiger partial charge in [0, 0.05) is 31.1 Å². The van der Waals surface area contributed by atoms with Crippen molar-refractivity contribution in [3.8, 4) is 34.5 Å². The van der Waals surface area contributed by atoms with Crippen molar-refractivity contribution in [2.45, 2.75) is 42.5 Å². The molecule has 4 rings (SSSR count). The number of aliphatic hydroxyl groups is 5. The zero-order chi connectivity index (χ0) is 30.2. The number of fused-ring (bicyclic) bond motifs is 1. The molecule has 1 unspecified atom stereocenters. The normalized spacial score (nSPS) is 31.3. The lowest BCUT2D eigenvalue weighted by Gasteiger charge is -2.55. The molecule has 0 amide bonds. The van der Waals surface area contributed by atoms with Crippen molar-refractivity contribution in [1.82, 2.24) is 0 Å². The third-order valence-corrected chi connectivity index (χ3v) is 8.29. The summed E-state index contributed by atoms with van der Waals surface area (Å²) >= 11 is 0. The number of phenolic OH excluding ortho intramolecular Hbond substituents is 2. The Balaban J connectivity index is 2.11. The Hall–Kier alpha value is -3.04. The van der Waals surface area contributed by atoms with Gasteiger partial charge in [-0.3, -0.25) is 0 Å². The molecular formula is C28H38O13. The number of aliphatic hydroxyl groups excluding tert-OH is 5. The van der Waals surface area contributed by atoms with Gasteiger partial charge >= 0.3 is 0 Å². The van der Waals surface area contributed by atoms with E-state index in [1.807, 2.05) is 0 Å². The van der Waals surface area contributed by atoms with E-state index in [9.17, 15) is 35.7 Å². The Labute approximate surface area is 237 Å². The molecule has 7 N–H and O–H groups in total. The van der Waals surface area contributed by atoms with Gasteiger partial charge in [0.15, 0.2) is 23.0 Å². The van der Waals surface area contributed by atoms with Crippen LogP contribution in [-0.4, -0.2) is 115 Å². The summed E-state index contributed by atoms with van der Waals surface area (Å²) in [6, 6.07) is 4.65. The van der Waals surface area contributed by atoms with Crippen LogP contribution in [0.2, 0.25) is 0 Å². The van der Waals surface area contributed by atoms with Crippen LogP contribution in [-0.2, 0) is 15.9 Å². The molecule has 0 bridgehead atoms. The molecule has 13 nitrogen and oxygen atoms in total. The maximum Gasteiger partial charge on any atom is 0.201 e. The molecule has 13 heteroatoms. The molecule has 1 aliphatic carbocycles. The van der Waals surface area contributed by atoms with Gasteiger partial charge in [-0.15, -0.1) is 0 Å². The van der Waals surface area contributed by atoms with E-state index in [4.69, 9.17) is 28.4 Å². The number of methoxy groups -OCH3 is 5. The molecule has 1 heterocycles. The number of ether oxygens (including phenoxy) is 6. The molecule has 1 saturated heterocycles. The topological polar surface area (TPSA) is 197 Å². The predicted molar refractivity (Wildman–Crippen MR) is 142 cm³/mol. The van der Waals surface area contributed by atoms with Crippen molar-refractivity contribution in [3.05, 3.63) is 34.9 Å². The van der Waals surface area contributed by atoms with Crippen molar-refractivity contribution in [2.24, 2.45) is 11.8 Å². The smallest absolute Gasteiger partial charge is 0.201 e. The largest absolute Gasteiger partial charge is 0.502 e. The number of phenols is 2. The Morgan fingerprint density at radius 2 is 1.39 bits per heavy atom. The van der Waals surface area contributed by atoms with Crippen LogP contribution in [0, 0.1) is 11.8 Å². The Kier molecular flexibility index (Phi) is 9.09. The van der Waals surface area contributed by atoms with Crippen LogP contribution in [0.5, 0.6) is 34.5 Å². The van der Waals surface area contributed by atoms with Crippen molar-refractivity contribution >= 4 is 0 Å². The predicted octanol–water partition coefficient (Wildman–Crippen LogP) is -0.139. The van der Waals surface area contributed by atoms with E-state index in [1.54, 1.807) is 6.07 Å². The lowest BCUT2D eigenvalue weighted by Crippen LogP contribution is -2.70. The zero-order valence-electron chi connectivity index (χ0n) is 23.5. The number of rotatable bonds is 9. The highest BCUT2D eigenvalue weighted by atomic mass is 16.7. The minimum Gasteiger partial charge on any atom is -0.502 e. The van der Waals surface area contributed by atoms with Crippen molar-refractivity contribution < 1.29 is 64.2 Å². The zero-order valence-corrected chi connectivity index (χ0v) is 23.5. The van der Waals surface area contributed by atoms with Crippen LogP contribution in [0.4, 0.5) is 0 Å². The number of hydrogen-bond donors (Lipinski definition) is 7. The molecule has 2 aromatic carbocycles.